The number of carbonyl (C=O) groups excluding carboxylic acids is 1. The van der Waals surface area contributed by atoms with Crippen molar-refractivity contribution in [2.24, 2.45) is 5.73 Å². The van der Waals surface area contributed by atoms with E-state index in [1.165, 1.54) is 6.07 Å². The highest BCUT2D eigenvalue weighted by atomic mass is 35.5. The molecule has 2 N–H and O–H groups in total. The van der Waals surface area contributed by atoms with Crippen molar-refractivity contribution in [2.75, 3.05) is 0 Å². The first kappa shape index (κ1) is 17.6. The molecule has 0 heterocycles. The van der Waals surface area contributed by atoms with Crippen molar-refractivity contribution >= 4 is 17.6 Å². The Labute approximate surface area is 125 Å². The molecular formula is C13H15ClF3NO3. The molecule has 0 saturated carbocycles. The van der Waals surface area contributed by atoms with Crippen LogP contribution in [-0.4, -0.2) is 17.9 Å². The molecule has 21 heavy (non-hydrogen) atoms. The number of benzene rings is 1. The normalized spacial score (nSPS) is 13.7. The van der Waals surface area contributed by atoms with Gasteiger partial charge in [0.2, 0.25) is 0 Å². The van der Waals surface area contributed by atoms with Crippen LogP contribution in [0.25, 0.3) is 0 Å². The lowest BCUT2D eigenvalue weighted by Gasteiger charge is -2.22. The van der Waals surface area contributed by atoms with Gasteiger partial charge in [-0.05, 0) is 44.5 Å². The van der Waals surface area contributed by atoms with Gasteiger partial charge in [0.15, 0.2) is 0 Å². The lowest BCUT2D eigenvalue weighted by molar-refractivity contribution is -0.274. The number of carbonyl (C=O) groups is 1. The van der Waals surface area contributed by atoms with Crippen LogP contribution in [0.1, 0.15) is 32.4 Å². The molecule has 0 aliphatic heterocycles. The zero-order chi connectivity index (χ0) is 16.4. The van der Waals surface area contributed by atoms with Crippen molar-refractivity contribution in [3.63, 3.8) is 0 Å². The number of rotatable bonds is 3. The van der Waals surface area contributed by atoms with E-state index in [-0.39, 0.29) is 10.6 Å². The van der Waals surface area contributed by atoms with Crippen molar-refractivity contribution in [3.05, 3.63) is 28.8 Å². The monoisotopic (exact) mass is 325 g/mol. The maximum absolute atomic E-state index is 12.2. The Morgan fingerprint density at radius 1 is 1.24 bits per heavy atom. The smallest absolute Gasteiger partial charge is 0.459 e. The third-order valence-corrected chi connectivity index (χ3v) is 2.37. The molecule has 1 aromatic carbocycles. The number of ether oxygens (including phenoxy) is 2. The molecule has 4 nitrogen and oxygen atoms in total. The molecule has 0 radical (unpaired) electrons. The van der Waals surface area contributed by atoms with Crippen molar-refractivity contribution in [2.45, 2.75) is 38.8 Å². The lowest BCUT2D eigenvalue weighted by Crippen LogP contribution is -2.31. The summed E-state index contributed by atoms with van der Waals surface area (Å²) in [7, 11) is 0. The molecule has 1 atom stereocenters. The summed E-state index contributed by atoms with van der Waals surface area (Å²) in [6.07, 6.45) is -4.86. The van der Waals surface area contributed by atoms with Crippen LogP contribution >= 0.6 is 11.6 Å². The van der Waals surface area contributed by atoms with Gasteiger partial charge in [-0.1, -0.05) is 11.6 Å². The van der Waals surface area contributed by atoms with Gasteiger partial charge in [0.1, 0.15) is 17.4 Å². The Morgan fingerprint density at radius 3 is 2.29 bits per heavy atom. The van der Waals surface area contributed by atoms with Crippen molar-refractivity contribution < 1.29 is 27.4 Å². The molecule has 0 aromatic heterocycles. The van der Waals surface area contributed by atoms with Crippen molar-refractivity contribution in [1.82, 2.24) is 0 Å². The van der Waals surface area contributed by atoms with Gasteiger partial charge in [0.25, 0.3) is 0 Å². The van der Waals surface area contributed by atoms with Gasteiger partial charge >= 0.3 is 12.3 Å². The van der Waals surface area contributed by atoms with E-state index < -0.39 is 29.7 Å². The summed E-state index contributed by atoms with van der Waals surface area (Å²) in [5.41, 5.74) is 4.98. The standard InChI is InChI=1S/C13H15ClF3NO3/c1-12(2,3)21-11(19)10(18)7-4-8(14)6-9(5-7)20-13(15,16)17/h4-6,10H,18H2,1-3H3. The summed E-state index contributed by atoms with van der Waals surface area (Å²) in [6.45, 7) is 4.94. The first-order chi connectivity index (χ1) is 9.37. The molecular weight excluding hydrogens is 311 g/mol. The van der Waals surface area contributed by atoms with E-state index in [0.29, 0.717) is 0 Å². The van der Waals surface area contributed by atoms with Crippen LogP contribution in [-0.2, 0) is 9.53 Å². The van der Waals surface area contributed by atoms with Crippen LogP contribution in [0, 0.1) is 0 Å². The highest BCUT2D eigenvalue weighted by Crippen LogP contribution is 2.29. The fraction of sp³-hybridized carbons (Fsp3) is 0.462. The molecule has 0 aliphatic rings. The Hall–Kier alpha value is -1.47. The average molecular weight is 326 g/mol. The molecule has 0 bridgehead atoms. The molecule has 1 unspecified atom stereocenters. The fourth-order valence-electron chi connectivity index (χ4n) is 1.46. The Kier molecular flexibility index (Phi) is 5.11. The van der Waals surface area contributed by atoms with E-state index in [1.54, 1.807) is 20.8 Å². The van der Waals surface area contributed by atoms with Gasteiger partial charge in [-0.15, -0.1) is 13.2 Å². The van der Waals surface area contributed by atoms with E-state index in [2.05, 4.69) is 4.74 Å². The Balaban J connectivity index is 2.99. The van der Waals surface area contributed by atoms with Crippen LogP contribution < -0.4 is 10.5 Å². The summed E-state index contributed by atoms with van der Waals surface area (Å²) < 4.78 is 45.4. The third-order valence-electron chi connectivity index (χ3n) is 2.15. The number of alkyl halides is 3. The van der Waals surface area contributed by atoms with Crippen molar-refractivity contribution in [1.29, 1.82) is 0 Å². The Bertz CT molecular complexity index is 526. The first-order valence-electron chi connectivity index (χ1n) is 5.92. The molecule has 1 aromatic rings. The molecule has 0 saturated heterocycles. The third kappa shape index (κ3) is 6.22. The molecule has 0 spiro atoms. The quantitative estimate of drug-likeness (QED) is 0.863. The molecule has 118 valence electrons. The molecule has 8 heteroatoms. The van der Waals surface area contributed by atoms with Crippen molar-refractivity contribution in [3.8, 4) is 5.75 Å². The summed E-state index contributed by atoms with van der Waals surface area (Å²) in [5.74, 6) is -1.33. The number of nitrogens with two attached hydrogens (primary N) is 1. The van der Waals surface area contributed by atoms with Gasteiger partial charge in [-0.3, -0.25) is 0 Å². The zero-order valence-electron chi connectivity index (χ0n) is 11.6. The first-order valence-corrected chi connectivity index (χ1v) is 6.30. The predicted octanol–water partition coefficient (Wildman–Crippen LogP) is 3.58. The van der Waals surface area contributed by atoms with E-state index in [1.807, 2.05) is 0 Å². The minimum atomic E-state index is -4.86. The van der Waals surface area contributed by atoms with Gasteiger partial charge < -0.3 is 15.2 Å². The van der Waals surface area contributed by atoms with Gasteiger partial charge in [0.05, 0.1) is 0 Å². The van der Waals surface area contributed by atoms with Crippen LogP contribution in [0.5, 0.6) is 5.75 Å². The van der Waals surface area contributed by atoms with E-state index in [4.69, 9.17) is 22.1 Å². The lowest BCUT2D eigenvalue weighted by atomic mass is 10.1. The second-order valence-electron chi connectivity index (χ2n) is 5.28. The topological polar surface area (TPSA) is 61.5 Å². The minimum absolute atomic E-state index is 0.0363. The Morgan fingerprint density at radius 2 is 1.81 bits per heavy atom. The molecule has 0 amide bonds. The van der Waals surface area contributed by atoms with Crippen LogP contribution in [0.15, 0.2) is 18.2 Å². The number of esters is 1. The van der Waals surface area contributed by atoms with E-state index in [9.17, 15) is 18.0 Å². The summed E-state index contributed by atoms with van der Waals surface area (Å²) in [6, 6.07) is 1.98. The predicted molar refractivity (Wildman–Crippen MR) is 70.9 cm³/mol. The second-order valence-corrected chi connectivity index (χ2v) is 5.72. The maximum atomic E-state index is 12.2. The summed E-state index contributed by atoms with van der Waals surface area (Å²) in [4.78, 5) is 11.8. The number of hydrogen-bond donors (Lipinski definition) is 1. The van der Waals surface area contributed by atoms with Gasteiger partial charge in [-0.2, -0.15) is 0 Å². The van der Waals surface area contributed by atoms with E-state index >= 15 is 0 Å². The maximum Gasteiger partial charge on any atom is 0.573 e. The second kappa shape index (κ2) is 6.11. The molecule has 0 aliphatic carbocycles. The van der Waals surface area contributed by atoms with Crippen LogP contribution in [0.4, 0.5) is 13.2 Å². The summed E-state index contributed by atoms with van der Waals surface area (Å²) >= 11 is 5.71. The molecule has 1 rings (SSSR count). The minimum Gasteiger partial charge on any atom is -0.459 e. The number of halogens is 4. The molecule has 0 fully saturated rings. The average Bonchev–Trinajstić information content (AvgIpc) is 2.22. The van der Waals surface area contributed by atoms with Gasteiger partial charge in [-0.25, -0.2) is 4.79 Å². The van der Waals surface area contributed by atoms with Crippen LogP contribution in [0.3, 0.4) is 0 Å². The number of hydrogen-bond acceptors (Lipinski definition) is 4. The van der Waals surface area contributed by atoms with Crippen LogP contribution in [0.2, 0.25) is 5.02 Å². The largest absolute Gasteiger partial charge is 0.573 e. The van der Waals surface area contributed by atoms with E-state index in [0.717, 1.165) is 12.1 Å². The van der Waals surface area contributed by atoms with Gasteiger partial charge in [0, 0.05) is 5.02 Å². The fourth-order valence-corrected chi connectivity index (χ4v) is 1.69. The summed E-state index contributed by atoms with van der Waals surface area (Å²) in [5, 5.41) is -0.0363. The SMILES string of the molecule is CC(C)(C)OC(=O)C(N)c1cc(Cl)cc(OC(F)(F)F)c1. The highest BCUT2D eigenvalue weighted by molar-refractivity contribution is 6.30. The highest BCUT2D eigenvalue weighted by Gasteiger charge is 2.32. The zero-order valence-corrected chi connectivity index (χ0v) is 12.4.